The first-order valence-electron chi connectivity index (χ1n) is 10.6. The molecular formula is C22H24ClFN4O4S. The Morgan fingerprint density at radius 1 is 1.06 bits per heavy atom. The van der Waals surface area contributed by atoms with E-state index in [2.05, 4.69) is 5.32 Å². The zero-order valence-corrected chi connectivity index (χ0v) is 19.6. The Kier molecular flexibility index (Phi) is 6.45. The largest absolute Gasteiger partial charge is 0.326 e. The van der Waals surface area contributed by atoms with E-state index >= 15 is 0 Å². The van der Waals surface area contributed by atoms with E-state index in [9.17, 15) is 22.4 Å². The summed E-state index contributed by atoms with van der Waals surface area (Å²) in [4.78, 5) is 28.9. The zero-order valence-electron chi connectivity index (χ0n) is 18.0. The second kappa shape index (κ2) is 9.02. The van der Waals surface area contributed by atoms with Crippen LogP contribution in [0.4, 0.5) is 9.18 Å². The first kappa shape index (κ1) is 23.6. The van der Waals surface area contributed by atoms with E-state index in [1.165, 1.54) is 22.5 Å². The van der Waals surface area contributed by atoms with Crippen LogP contribution in [0.15, 0.2) is 53.4 Å². The fraction of sp³-hybridized carbons (Fsp3) is 0.364. The van der Waals surface area contributed by atoms with Gasteiger partial charge in [0.2, 0.25) is 10.0 Å². The minimum Gasteiger partial charge on any atom is -0.319 e. The van der Waals surface area contributed by atoms with E-state index in [0.717, 1.165) is 11.0 Å². The number of amides is 3. The molecule has 2 saturated heterocycles. The molecule has 1 N–H and O–H groups in total. The third kappa shape index (κ3) is 4.35. The number of carbonyl (C=O) groups is 2. The molecule has 33 heavy (non-hydrogen) atoms. The Balaban J connectivity index is 1.44. The molecule has 1 atom stereocenters. The van der Waals surface area contributed by atoms with Crippen LogP contribution in [0.25, 0.3) is 0 Å². The average molecular weight is 495 g/mol. The molecule has 0 saturated carbocycles. The van der Waals surface area contributed by atoms with Crippen LogP contribution >= 0.6 is 11.6 Å². The summed E-state index contributed by atoms with van der Waals surface area (Å²) in [6.45, 7) is 2.86. The quantitative estimate of drug-likeness (QED) is 0.623. The zero-order chi connectivity index (χ0) is 23.8. The smallest absolute Gasteiger partial charge is 0.319 e. The van der Waals surface area contributed by atoms with Crippen LogP contribution in [-0.2, 0) is 20.4 Å². The molecule has 2 heterocycles. The highest BCUT2D eigenvalue weighted by Gasteiger charge is 2.51. The summed E-state index contributed by atoms with van der Waals surface area (Å²) in [5.74, 6) is -0.972. The topological polar surface area (TPSA) is 90.0 Å². The minimum atomic E-state index is -3.82. The summed E-state index contributed by atoms with van der Waals surface area (Å²) >= 11 is 5.97. The molecule has 2 aliphatic heterocycles. The highest BCUT2D eigenvalue weighted by Crippen LogP contribution is 2.33. The van der Waals surface area contributed by atoms with Gasteiger partial charge < -0.3 is 5.32 Å². The van der Waals surface area contributed by atoms with Gasteiger partial charge in [0.1, 0.15) is 11.4 Å². The molecule has 11 heteroatoms. The molecule has 0 aromatic heterocycles. The summed E-state index contributed by atoms with van der Waals surface area (Å²) in [7, 11) is -3.82. The normalized spacial score (nSPS) is 22.6. The van der Waals surface area contributed by atoms with Gasteiger partial charge in [-0.1, -0.05) is 36.7 Å². The van der Waals surface area contributed by atoms with Crippen molar-refractivity contribution in [3.63, 3.8) is 0 Å². The summed E-state index contributed by atoms with van der Waals surface area (Å²) in [6.07, 6.45) is 0.370. The number of halogens is 2. The van der Waals surface area contributed by atoms with Gasteiger partial charge in [0, 0.05) is 31.2 Å². The summed E-state index contributed by atoms with van der Waals surface area (Å²) in [5.41, 5.74) is -0.509. The number of hydrogen-bond acceptors (Lipinski definition) is 5. The van der Waals surface area contributed by atoms with Crippen molar-refractivity contribution in [2.75, 3.05) is 32.8 Å². The van der Waals surface area contributed by atoms with Crippen LogP contribution in [0.2, 0.25) is 5.02 Å². The molecule has 0 bridgehead atoms. The van der Waals surface area contributed by atoms with E-state index in [-0.39, 0.29) is 30.6 Å². The lowest BCUT2D eigenvalue weighted by Crippen LogP contribution is -2.52. The molecule has 2 aromatic carbocycles. The molecule has 0 radical (unpaired) electrons. The van der Waals surface area contributed by atoms with Crippen molar-refractivity contribution in [2.24, 2.45) is 0 Å². The monoisotopic (exact) mass is 494 g/mol. The van der Waals surface area contributed by atoms with Crippen LogP contribution < -0.4 is 5.32 Å². The van der Waals surface area contributed by atoms with E-state index in [4.69, 9.17) is 11.6 Å². The van der Waals surface area contributed by atoms with Crippen LogP contribution in [0.5, 0.6) is 0 Å². The number of urea groups is 1. The standard InChI is InChI=1S/C22H24ClFN4O4S/c1-2-22(16-6-8-17(23)9-7-16)20(29)28(21(30)25-22)15-26-10-12-27(13-11-26)33(31,32)19-5-3-4-18(24)14-19/h3-9,14H,2,10-13,15H2,1H3,(H,25,30). The lowest BCUT2D eigenvalue weighted by Gasteiger charge is -2.35. The van der Waals surface area contributed by atoms with Crippen molar-refractivity contribution in [3.05, 3.63) is 64.9 Å². The number of piperazine rings is 1. The molecule has 2 aromatic rings. The molecule has 2 fully saturated rings. The van der Waals surface area contributed by atoms with Gasteiger partial charge in [-0.15, -0.1) is 0 Å². The van der Waals surface area contributed by atoms with Gasteiger partial charge in [0.15, 0.2) is 0 Å². The van der Waals surface area contributed by atoms with Crippen LogP contribution in [0.3, 0.4) is 0 Å². The number of carbonyl (C=O) groups excluding carboxylic acids is 2. The maximum Gasteiger partial charge on any atom is 0.326 e. The van der Waals surface area contributed by atoms with Crippen LogP contribution in [0.1, 0.15) is 18.9 Å². The highest BCUT2D eigenvalue weighted by molar-refractivity contribution is 7.89. The maximum atomic E-state index is 13.5. The number of nitrogens with one attached hydrogen (secondary N) is 1. The SMILES string of the molecule is CCC1(c2ccc(Cl)cc2)NC(=O)N(CN2CCN(S(=O)(=O)c3cccc(F)c3)CC2)C1=O. The van der Waals surface area contributed by atoms with Crippen molar-refractivity contribution in [1.29, 1.82) is 0 Å². The number of benzene rings is 2. The van der Waals surface area contributed by atoms with Gasteiger partial charge in [-0.05, 0) is 42.3 Å². The molecule has 176 valence electrons. The van der Waals surface area contributed by atoms with E-state index in [1.54, 1.807) is 24.3 Å². The number of hydrogen-bond donors (Lipinski definition) is 1. The lowest BCUT2D eigenvalue weighted by molar-refractivity contribution is -0.133. The van der Waals surface area contributed by atoms with Gasteiger partial charge >= 0.3 is 6.03 Å². The second-order valence-electron chi connectivity index (χ2n) is 8.05. The molecular weight excluding hydrogens is 471 g/mol. The van der Waals surface area contributed by atoms with E-state index in [0.29, 0.717) is 30.1 Å². The van der Waals surface area contributed by atoms with Crippen molar-refractivity contribution < 1.29 is 22.4 Å². The molecule has 8 nitrogen and oxygen atoms in total. The molecule has 1 unspecified atom stereocenters. The number of nitrogens with zero attached hydrogens (tertiary/aromatic N) is 3. The summed E-state index contributed by atoms with van der Waals surface area (Å²) in [6, 6.07) is 11.2. The van der Waals surface area contributed by atoms with Gasteiger partial charge in [0.25, 0.3) is 5.91 Å². The average Bonchev–Trinajstić information content (AvgIpc) is 3.05. The number of sulfonamides is 1. The molecule has 4 rings (SSSR count). The minimum absolute atomic E-state index is 0.0495. The predicted octanol–water partition coefficient (Wildman–Crippen LogP) is 2.60. The third-order valence-electron chi connectivity index (χ3n) is 6.15. The van der Waals surface area contributed by atoms with E-state index in [1.807, 2.05) is 11.8 Å². The molecule has 3 amide bonds. The van der Waals surface area contributed by atoms with Crippen molar-refractivity contribution >= 4 is 33.6 Å². The van der Waals surface area contributed by atoms with Gasteiger partial charge in [-0.3, -0.25) is 9.69 Å². The Morgan fingerprint density at radius 3 is 2.33 bits per heavy atom. The Bertz CT molecular complexity index is 1170. The first-order valence-corrected chi connectivity index (χ1v) is 12.4. The second-order valence-corrected chi connectivity index (χ2v) is 10.4. The Hall–Kier alpha value is -2.53. The number of rotatable bonds is 6. The summed E-state index contributed by atoms with van der Waals surface area (Å²) in [5, 5.41) is 3.36. The van der Waals surface area contributed by atoms with Crippen molar-refractivity contribution in [2.45, 2.75) is 23.8 Å². The third-order valence-corrected chi connectivity index (χ3v) is 8.30. The van der Waals surface area contributed by atoms with Crippen LogP contribution in [0, 0.1) is 5.82 Å². The fourth-order valence-electron chi connectivity index (χ4n) is 4.22. The lowest BCUT2D eigenvalue weighted by atomic mass is 9.87. The molecule has 0 aliphatic carbocycles. The van der Waals surface area contributed by atoms with Gasteiger partial charge in [-0.25, -0.2) is 22.5 Å². The molecule has 0 spiro atoms. The number of imide groups is 1. The maximum absolute atomic E-state index is 13.5. The predicted molar refractivity (Wildman–Crippen MR) is 120 cm³/mol. The highest BCUT2D eigenvalue weighted by atomic mass is 35.5. The Labute approximate surface area is 197 Å². The molecule has 2 aliphatic rings. The van der Waals surface area contributed by atoms with Crippen molar-refractivity contribution in [1.82, 2.24) is 19.4 Å². The Morgan fingerprint density at radius 2 is 1.73 bits per heavy atom. The van der Waals surface area contributed by atoms with Crippen LogP contribution in [-0.4, -0.2) is 67.3 Å². The fourth-order valence-corrected chi connectivity index (χ4v) is 5.80. The van der Waals surface area contributed by atoms with Gasteiger partial charge in [0.05, 0.1) is 11.6 Å². The summed E-state index contributed by atoms with van der Waals surface area (Å²) < 4.78 is 40.4. The first-order chi connectivity index (χ1) is 15.7. The van der Waals surface area contributed by atoms with E-state index < -0.39 is 27.4 Å². The van der Waals surface area contributed by atoms with Crippen molar-refractivity contribution in [3.8, 4) is 0 Å². The van der Waals surface area contributed by atoms with Gasteiger partial charge in [-0.2, -0.15) is 4.31 Å².